The first-order valence-corrected chi connectivity index (χ1v) is 18.8. The van der Waals surface area contributed by atoms with Crippen LogP contribution < -0.4 is 16.4 Å². The minimum absolute atomic E-state index is 0.0135. The molecule has 6 unspecified atom stereocenters. The summed E-state index contributed by atoms with van der Waals surface area (Å²) in [6, 6.07) is -2.84. The quantitative estimate of drug-likeness (QED) is 0.109. The van der Waals surface area contributed by atoms with Crippen LogP contribution in [0.4, 0.5) is 0 Å². The zero-order valence-electron chi connectivity index (χ0n) is 30.7. The van der Waals surface area contributed by atoms with Crippen LogP contribution in [0, 0.1) is 17.8 Å². The molecule has 277 valence electrons. The average molecular weight is 710 g/mol. The Morgan fingerprint density at radius 2 is 1.12 bits per heavy atom. The van der Waals surface area contributed by atoms with Gasteiger partial charge in [-0.3, -0.25) is 14.4 Å². The molecule has 5 radical (unpaired) electrons. The number of rotatable bonds is 20. The minimum atomic E-state index is -1.09. The van der Waals surface area contributed by atoms with E-state index in [9.17, 15) is 33.9 Å². The monoisotopic (exact) mass is 710 g/mol. The van der Waals surface area contributed by atoms with Crippen molar-refractivity contribution >= 4 is 63.8 Å². The summed E-state index contributed by atoms with van der Waals surface area (Å²) in [5.74, 6) is -2.76. The van der Waals surface area contributed by atoms with Gasteiger partial charge in [-0.25, -0.2) is 0 Å². The van der Waals surface area contributed by atoms with Gasteiger partial charge in [0.25, 0.3) is 0 Å². The van der Waals surface area contributed by atoms with Crippen LogP contribution in [0.25, 0.3) is 0 Å². The van der Waals surface area contributed by atoms with Crippen molar-refractivity contribution in [2.75, 3.05) is 0 Å². The molecule has 3 fully saturated rings. The average Bonchev–Trinajstić information content (AvgIpc) is 3.08. The van der Waals surface area contributed by atoms with Crippen LogP contribution >= 0.6 is 0 Å². The summed E-state index contributed by atoms with van der Waals surface area (Å²) in [5, 5.41) is 14.7. The Morgan fingerprint density at radius 3 is 1.58 bits per heavy atom. The minimum Gasteiger partial charge on any atom is -0.100 e. The predicted molar refractivity (Wildman–Crippen MR) is 205 cm³/mol. The molecular formula is C39H55B3N3O7. The Labute approximate surface area is 312 Å². The van der Waals surface area contributed by atoms with Crippen LogP contribution in [-0.4, -0.2) is 87.0 Å². The summed E-state index contributed by atoms with van der Waals surface area (Å²) in [4.78, 5) is 77.4. The first kappa shape index (κ1) is 43.1. The van der Waals surface area contributed by atoms with Gasteiger partial charge in [-0.1, -0.05) is 35.6 Å². The van der Waals surface area contributed by atoms with Crippen LogP contribution in [0.1, 0.15) is 116 Å². The topological polar surface area (TPSA) is 173 Å². The molecule has 2 amide bonds. The summed E-state index contributed by atoms with van der Waals surface area (Å²) in [5.41, 5.74) is 9.49. The van der Waals surface area contributed by atoms with Gasteiger partial charge in [0, 0.05) is 19.3 Å². The third-order valence-corrected chi connectivity index (χ3v) is 11.1. The molecule has 0 heterocycles. The molecule has 13 heteroatoms. The van der Waals surface area contributed by atoms with E-state index < -0.39 is 35.9 Å². The van der Waals surface area contributed by atoms with Crippen molar-refractivity contribution in [1.82, 2.24) is 10.6 Å². The number of amides is 2. The van der Waals surface area contributed by atoms with Crippen LogP contribution in [0.3, 0.4) is 0 Å². The van der Waals surface area contributed by atoms with E-state index in [2.05, 4.69) is 30.4 Å². The Morgan fingerprint density at radius 1 is 0.673 bits per heavy atom. The van der Waals surface area contributed by atoms with Crippen molar-refractivity contribution in [2.45, 2.75) is 145 Å². The molecule has 0 aromatic rings. The molecule has 52 heavy (non-hydrogen) atoms. The molecular weight excluding hydrogens is 655 g/mol. The molecule has 0 saturated heterocycles. The number of aliphatic carboxylic acids is 1. The molecule has 5 N–H and O–H groups in total. The maximum Gasteiger partial charge on any atom is -0.0295 e. The molecule has 3 saturated carbocycles. The standard InChI is InChI=1S/C39H55B3N3O7/c1-22-16-25(4-7-28(22)40)19-34(46)31(43)10-13-37(49)44-32(35(47)20-26-5-8-29(41)23(2)17-26)11-14-38(50)45-33(12-15-39(51)52)36(48)21-27-6-9-30(42)24(3)18-27/h25-28,30-33H,1-21,43H2,(H,44,49)(H,45,50)(H,51,52)/t25?,26?,27?,28-,30-,31?,32?,33?/m0/s1. The van der Waals surface area contributed by atoms with Crippen LogP contribution in [-0.2, 0) is 28.8 Å². The van der Waals surface area contributed by atoms with E-state index >= 15 is 0 Å². The number of hydrogen-bond acceptors (Lipinski definition) is 7. The van der Waals surface area contributed by atoms with Crippen LogP contribution in [0.5, 0.6) is 0 Å². The summed E-state index contributed by atoms with van der Waals surface area (Å²) in [6.45, 7) is 12.0. The molecule has 0 aromatic carbocycles. The van der Waals surface area contributed by atoms with Crippen molar-refractivity contribution in [1.29, 1.82) is 0 Å². The van der Waals surface area contributed by atoms with Gasteiger partial charge in [-0.2, -0.15) is 0 Å². The number of carboxylic acid groups (broad SMARTS) is 1. The van der Waals surface area contributed by atoms with Gasteiger partial charge < -0.3 is 10.8 Å². The number of carboxylic acids is 1. The number of carbonyl (C=O) groups is 6. The summed E-state index contributed by atoms with van der Waals surface area (Å²) in [6.07, 6.45) is 6.22. The van der Waals surface area contributed by atoms with Gasteiger partial charge in [0.15, 0.2) is 5.78 Å². The largest absolute Gasteiger partial charge is 0.100 e. The van der Waals surface area contributed by atoms with Crippen molar-refractivity contribution < 1.29 is 33.9 Å². The zero-order valence-corrected chi connectivity index (χ0v) is 30.7. The maximum atomic E-state index is 13.6. The number of carbonyl (C=O) groups excluding carboxylic acids is 5. The molecule has 3 aliphatic carbocycles. The summed E-state index contributed by atoms with van der Waals surface area (Å²) < 4.78 is 0. The molecule has 3 rings (SSSR count). The van der Waals surface area contributed by atoms with E-state index in [1.807, 2.05) is 0 Å². The first-order valence-electron chi connectivity index (χ1n) is 18.8. The molecule has 3 aliphatic rings. The van der Waals surface area contributed by atoms with Gasteiger partial charge in [0.1, 0.15) is 5.78 Å². The van der Waals surface area contributed by atoms with Crippen LogP contribution in [0.15, 0.2) is 36.5 Å². The van der Waals surface area contributed by atoms with Crippen molar-refractivity contribution in [2.24, 2.45) is 23.5 Å². The SMILES string of the molecule is [B][C@H]1CCC(CC(=O)C(N)CCC(=O)NC(CCC(=O)NC(CCC(=O)O)C(=O)CC2CC[C@H]([B])C(=C)C2)C(=O)CC2CCC(=[B])C(=C)C2)CC1=C. The molecule has 10 nitrogen and oxygen atoms in total. The number of Topliss-reactive ketones (excluding diaryl/α,β-unsaturated/α-hetero) is 3. The van der Waals surface area contributed by atoms with Gasteiger partial charge in [0.05, 0.1) is 15.7 Å². The van der Waals surface area contributed by atoms with Gasteiger partial charge in [-0.05, 0) is 43.9 Å². The Kier molecular flexibility index (Phi) is 17.2. The molecule has 0 aromatic heterocycles. The van der Waals surface area contributed by atoms with Crippen molar-refractivity contribution in [3.63, 3.8) is 0 Å². The smallest absolute Gasteiger partial charge is 0.0295 e. The van der Waals surface area contributed by atoms with Crippen molar-refractivity contribution in [3.05, 3.63) is 36.5 Å². The maximum absolute atomic E-state index is 13.6. The van der Waals surface area contributed by atoms with E-state index in [0.717, 1.165) is 41.4 Å². The third-order valence-electron chi connectivity index (χ3n) is 11.1. The Hall–Kier alpha value is -3.34. The normalized spacial score (nSPS) is 25.4. The van der Waals surface area contributed by atoms with E-state index in [4.69, 9.17) is 28.9 Å². The number of nitrogens with one attached hydrogen (secondary N) is 2. The number of nitrogens with two attached hydrogens (primary N) is 1. The van der Waals surface area contributed by atoms with Gasteiger partial charge in [-0.15, -0.1) is 13.2 Å². The third kappa shape index (κ3) is 14.2. The second-order valence-electron chi connectivity index (χ2n) is 15.4. The first-order chi connectivity index (χ1) is 24.5. The summed E-state index contributed by atoms with van der Waals surface area (Å²) in [7, 11) is 18.1. The fourth-order valence-electron chi connectivity index (χ4n) is 7.57. The number of ketones is 3. The molecule has 0 bridgehead atoms. The fourth-order valence-corrected chi connectivity index (χ4v) is 7.57. The van der Waals surface area contributed by atoms with E-state index in [1.54, 1.807) is 0 Å². The second kappa shape index (κ2) is 20.8. The number of allylic oxidation sites excluding steroid dienone is 3. The second-order valence-corrected chi connectivity index (χ2v) is 15.4. The van der Waals surface area contributed by atoms with Crippen molar-refractivity contribution in [3.8, 4) is 0 Å². The van der Waals surface area contributed by atoms with E-state index in [-0.39, 0.29) is 98.1 Å². The van der Waals surface area contributed by atoms with Crippen LogP contribution in [0.2, 0.25) is 11.6 Å². The van der Waals surface area contributed by atoms with Gasteiger partial charge >= 0.3 is 149 Å². The fraction of sp³-hybridized carbons (Fsp3) is 0.667. The molecule has 0 aliphatic heterocycles. The zero-order chi connectivity index (χ0) is 38.5. The predicted octanol–water partition coefficient (Wildman–Crippen LogP) is 3.91. The molecule has 0 spiro atoms. The van der Waals surface area contributed by atoms with E-state index in [1.165, 1.54) is 0 Å². The Bertz CT molecular complexity index is 1410. The van der Waals surface area contributed by atoms with Gasteiger partial charge in [0.2, 0.25) is 0 Å². The molecule has 8 atom stereocenters. The van der Waals surface area contributed by atoms with E-state index in [0.29, 0.717) is 44.9 Å². The Balaban J connectivity index is 1.60. The number of hydrogen-bond donors (Lipinski definition) is 4. The summed E-state index contributed by atoms with van der Waals surface area (Å²) >= 11 is 0.